The van der Waals surface area contributed by atoms with Crippen molar-refractivity contribution >= 4 is 11.4 Å². The largest absolute Gasteiger partial charge is 0.381 e. The Labute approximate surface area is 96.4 Å². The number of nitrogens with zero attached hydrogens (tertiary/aromatic N) is 1. The van der Waals surface area contributed by atoms with Gasteiger partial charge in [-0.15, -0.1) is 0 Å². The molecule has 0 amide bonds. The standard InChI is InChI=1S/C11H10FN3O2/c12-9-3-10(5-11(4-9)15(16)17)14-7-8-1-2-13-6-8/h1-6,13-14H,7H2. The first-order valence-corrected chi connectivity index (χ1v) is 4.95. The van der Waals surface area contributed by atoms with Crippen molar-refractivity contribution in [1.29, 1.82) is 0 Å². The molecule has 0 atom stereocenters. The van der Waals surface area contributed by atoms with Crippen LogP contribution in [0.3, 0.4) is 0 Å². The zero-order valence-electron chi connectivity index (χ0n) is 8.81. The molecule has 2 N–H and O–H groups in total. The molecule has 0 radical (unpaired) electrons. The Morgan fingerprint density at radius 3 is 2.88 bits per heavy atom. The highest BCUT2D eigenvalue weighted by Crippen LogP contribution is 2.20. The van der Waals surface area contributed by atoms with E-state index in [1.54, 1.807) is 12.4 Å². The second-order valence-electron chi connectivity index (χ2n) is 3.53. The predicted octanol–water partition coefficient (Wildman–Crippen LogP) is 2.67. The van der Waals surface area contributed by atoms with Crippen LogP contribution in [0.1, 0.15) is 5.56 Å². The van der Waals surface area contributed by atoms with Gasteiger partial charge in [-0.3, -0.25) is 10.1 Å². The van der Waals surface area contributed by atoms with Gasteiger partial charge in [-0.05, 0) is 17.7 Å². The quantitative estimate of drug-likeness (QED) is 0.632. The van der Waals surface area contributed by atoms with Gasteiger partial charge in [0.25, 0.3) is 5.69 Å². The minimum Gasteiger partial charge on any atom is -0.381 e. The van der Waals surface area contributed by atoms with Gasteiger partial charge in [-0.1, -0.05) is 0 Å². The normalized spacial score (nSPS) is 10.2. The van der Waals surface area contributed by atoms with Crippen LogP contribution >= 0.6 is 0 Å². The number of aromatic nitrogens is 1. The van der Waals surface area contributed by atoms with E-state index in [2.05, 4.69) is 10.3 Å². The van der Waals surface area contributed by atoms with Gasteiger partial charge in [0, 0.05) is 30.7 Å². The molecule has 0 fully saturated rings. The lowest BCUT2D eigenvalue weighted by molar-refractivity contribution is -0.385. The third-order valence-corrected chi connectivity index (χ3v) is 2.25. The number of aromatic amines is 1. The lowest BCUT2D eigenvalue weighted by Gasteiger charge is -2.04. The molecule has 0 unspecified atom stereocenters. The average molecular weight is 235 g/mol. The molecule has 0 aliphatic rings. The van der Waals surface area contributed by atoms with Crippen molar-refractivity contribution in [2.45, 2.75) is 6.54 Å². The van der Waals surface area contributed by atoms with Gasteiger partial charge in [0.05, 0.1) is 11.0 Å². The molecule has 0 saturated heterocycles. The van der Waals surface area contributed by atoms with Crippen molar-refractivity contribution in [2.24, 2.45) is 0 Å². The zero-order chi connectivity index (χ0) is 12.3. The summed E-state index contributed by atoms with van der Waals surface area (Å²) in [5.41, 5.74) is 1.11. The number of halogens is 1. The average Bonchev–Trinajstić information content (AvgIpc) is 2.78. The summed E-state index contributed by atoms with van der Waals surface area (Å²) >= 11 is 0. The van der Waals surface area contributed by atoms with Gasteiger partial charge < -0.3 is 10.3 Å². The molecular weight excluding hydrogens is 225 g/mol. The van der Waals surface area contributed by atoms with E-state index >= 15 is 0 Å². The molecule has 0 saturated carbocycles. The Morgan fingerprint density at radius 1 is 1.41 bits per heavy atom. The molecule has 2 rings (SSSR count). The molecule has 5 nitrogen and oxygen atoms in total. The summed E-state index contributed by atoms with van der Waals surface area (Å²) in [4.78, 5) is 12.8. The van der Waals surface area contributed by atoms with Gasteiger partial charge in [-0.2, -0.15) is 0 Å². The fourth-order valence-electron chi connectivity index (χ4n) is 1.45. The lowest BCUT2D eigenvalue weighted by atomic mass is 10.2. The van der Waals surface area contributed by atoms with E-state index in [4.69, 9.17) is 0 Å². The monoisotopic (exact) mass is 235 g/mol. The summed E-state index contributed by atoms with van der Waals surface area (Å²) in [6.45, 7) is 0.476. The molecule has 0 aliphatic heterocycles. The molecule has 0 bridgehead atoms. The van der Waals surface area contributed by atoms with Gasteiger partial charge in [0.1, 0.15) is 5.82 Å². The first-order chi connectivity index (χ1) is 8.15. The summed E-state index contributed by atoms with van der Waals surface area (Å²) in [6, 6.07) is 5.28. The van der Waals surface area contributed by atoms with E-state index in [9.17, 15) is 14.5 Å². The third kappa shape index (κ3) is 2.81. The Bertz CT molecular complexity index is 526. The summed E-state index contributed by atoms with van der Waals surface area (Å²) in [5.74, 6) is -0.629. The van der Waals surface area contributed by atoms with Crippen LogP contribution in [0.4, 0.5) is 15.8 Å². The molecule has 0 spiro atoms. The van der Waals surface area contributed by atoms with Crippen LogP contribution in [0.2, 0.25) is 0 Å². The number of hydrogen-bond acceptors (Lipinski definition) is 3. The number of non-ortho nitro benzene ring substituents is 1. The van der Waals surface area contributed by atoms with Crippen LogP contribution < -0.4 is 5.32 Å². The fourth-order valence-corrected chi connectivity index (χ4v) is 1.45. The van der Waals surface area contributed by atoms with Crippen LogP contribution in [0, 0.1) is 15.9 Å². The molecule has 88 valence electrons. The lowest BCUT2D eigenvalue weighted by Crippen LogP contribution is -1.99. The van der Waals surface area contributed by atoms with Gasteiger partial charge in [0.15, 0.2) is 0 Å². The minimum atomic E-state index is -0.629. The van der Waals surface area contributed by atoms with Crippen LogP contribution in [0.5, 0.6) is 0 Å². The summed E-state index contributed by atoms with van der Waals surface area (Å²) in [6.07, 6.45) is 3.56. The van der Waals surface area contributed by atoms with Crippen LogP contribution in [-0.4, -0.2) is 9.91 Å². The topological polar surface area (TPSA) is 71.0 Å². The molecule has 0 aliphatic carbocycles. The first-order valence-electron chi connectivity index (χ1n) is 4.95. The molecule has 1 aromatic heterocycles. The van der Waals surface area contributed by atoms with Crippen molar-refractivity contribution < 1.29 is 9.31 Å². The van der Waals surface area contributed by atoms with Crippen molar-refractivity contribution in [1.82, 2.24) is 4.98 Å². The van der Waals surface area contributed by atoms with Gasteiger partial charge in [0.2, 0.25) is 0 Å². The number of rotatable bonds is 4. The van der Waals surface area contributed by atoms with E-state index in [0.29, 0.717) is 12.2 Å². The maximum atomic E-state index is 13.1. The van der Waals surface area contributed by atoms with Crippen LogP contribution in [0.15, 0.2) is 36.7 Å². The number of anilines is 1. The summed E-state index contributed by atoms with van der Waals surface area (Å²) in [5, 5.41) is 13.5. The van der Waals surface area contributed by atoms with Crippen molar-refractivity contribution in [3.63, 3.8) is 0 Å². The molecule has 2 aromatic rings. The Kier molecular flexibility index (Phi) is 3.04. The Balaban J connectivity index is 2.13. The van der Waals surface area contributed by atoms with Crippen molar-refractivity contribution in [2.75, 3.05) is 5.32 Å². The number of hydrogen-bond donors (Lipinski definition) is 2. The second-order valence-corrected chi connectivity index (χ2v) is 3.53. The van der Waals surface area contributed by atoms with E-state index in [0.717, 1.165) is 11.6 Å². The SMILES string of the molecule is O=[N+]([O-])c1cc(F)cc(NCc2cc[nH]c2)c1. The van der Waals surface area contributed by atoms with Crippen LogP contribution in [0.25, 0.3) is 0 Å². The number of nitro benzene ring substituents is 1. The summed E-state index contributed by atoms with van der Waals surface area (Å²) in [7, 11) is 0. The smallest absolute Gasteiger partial charge is 0.274 e. The number of nitrogens with one attached hydrogen (secondary N) is 2. The maximum Gasteiger partial charge on any atom is 0.274 e. The fraction of sp³-hybridized carbons (Fsp3) is 0.0909. The molecule has 1 aromatic carbocycles. The Hall–Kier alpha value is -2.37. The molecule has 17 heavy (non-hydrogen) atoms. The highest BCUT2D eigenvalue weighted by molar-refractivity contribution is 5.51. The summed E-state index contributed by atoms with van der Waals surface area (Å²) < 4.78 is 13.1. The number of H-pyrrole nitrogens is 1. The highest BCUT2D eigenvalue weighted by Gasteiger charge is 2.09. The van der Waals surface area contributed by atoms with Crippen LogP contribution in [-0.2, 0) is 6.54 Å². The van der Waals surface area contributed by atoms with Gasteiger partial charge >= 0.3 is 0 Å². The van der Waals surface area contributed by atoms with E-state index < -0.39 is 10.7 Å². The van der Waals surface area contributed by atoms with E-state index in [-0.39, 0.29) is 5.69 Å². The molecule has 6 heteroatoms. The number of nitro groups is 1. The predicted molar refractivity (Wildman–Crippen MR) is 61.2 cm³/mol. The van der Waals surface area contributed by atoms with Crippen molar-refractivity contribution in [3.8, 4) is 0 Å². The molecule has 1 heterocycles. The van der Waals surface area contributed by atoms with Crippen molar-refractivity contribution in [3.05, 3.63) is 58.2 Å². The highest BCUT2D eigenvalue weighted by atomic mass is 19.1. The number of benzene rings is 1. The zero-order valence-corrected chi connectivity index (χ0v) is 8.81. The third-order valence-electron chi connectivity index (χ3n) is 2.25. The maximum absolute atomic E-state index is 13.1. The minimum absolute atomic E-state index is 0.262. The van der Waals surface area contributed by atoms with Gasteiger partial charge in [-0.25, -0.2) is 4.39 Å². The molecular formula is C11H10FN3O2. The Morgan fingerprint density at radius 2 is 2.24 bits per heavy atom. The second kappa shape index (κ2) is 4.65. The van der Waals surface area contributed by atoms with E-state index in [1.165, 1.54) is 12.1 Å². The first kappa shape index (κ1) is 11.1. The van der Waals surface area contributed by atoms with E-state index in [1.807, 2.05) is 6.07 Å².